The van der Waals surface area contributed by atoms with Gasteiger partial charge in [-0.25, -0.2) is 4.98 Å². The summed E-state index contributed by atoms with van der Waals surface area (Å²) in [5.74, 6) is -0.653. The molecule has 1 amide bonds. The van der Waals surface area contributed by atoms with Gasteiger partial charge in [0, 0.05) is 6.54 Å². The van der Waals surface area contributed by atoms with Crippen molar-refractivity contribution < 1.29 is 14.7 Å². The molecule has 20 heavy (non-hydrogen) atoms. The Morgan fingerprint density at radius 3 is 2.45 bits per heavy atom. The minimum Gasteiger partial charge on any atom is -0.481 e. The fourth-order valence-electron chi connectivity index (χ4n) is 2.64. The number of hydrogen-bond acceptors (Lipinski definition) is 4. The third-order valence-corrected chi connectivity index (χ3v) is 3.90. The molecule has 0 aromatic carbocycles. The van der Waals surface area contributed by atoms with Gasteiger partial charge < -0.3 is 10.4 Å². The van der Waals surface area contributed by atoms with Gasteiger partial charge in [0.1, 0.15) is 5.82 Å². The maximum atomic E-state index is 11.9. The standard InChI is InChI=1S/C13H20N4O3/c1-9-15-10(17-16-9)11(18)14-8-13(12(19)20)6-4-2-3-5-7-13/h2-8H2,1H3,(H,14,18)(H,19,20)(H,15,16,17). The zero-order valence-corrected chi connectivity index (χ0v) is 11.6. The van der Waals surface area contributed by atoms with Crippen LogP contribution < -0.4 is 5.32 Å². The number of aromatic nitrogens is 3. The summed E-state index contributed by atoms with van der Waals surface area (Å²) in [7, 11) is 0. The van der Waals surface area contributed by atoms with Gasteiger partial charge in [-0.1, -0.05) is 25.7 Å². The number of aromatic amines is 1. The third-order valence-electron chi connectivity index (χ3n) is 3.90. The van der Waals surface area contributed by atoms with Crippen LogP contribution >= 0.6 is 0 Å². The number of carbonyl (C=O) groups is 2. The second-order valence-corrected chi connectivity index (χ2v) is 5.43. The molecule has 0 atom stereocenters. The van der Waals surface area contributed by atoms with Crippen LogP contribution in [0.2, 0.25) is 0 Å². The van der Waals surface area contributed by atoms with Gasteiger partial charge in [0.25, 0.3) is 5.91 Å². The summed E-state index contributed by atoms with van der Waals surface area (Å²) in [6, 6.07) is 0. The first-order chi connectivity index (χ1) is 9.53. The molecule has 0 saturated heterocycles. The number of amides is 1. The van der Waals surface area contributed by atoms with Crippen LogP contribution in [0.25, 0.3) is 0 Å². The van der Waals surface area contributed by atoms with Gasteiger partial charge in [0.05, 0.1) is 5.41 Å². The predicted octanol–water partition coefficient (Wildman–Crippen LogP) is 1.27. The van der Waals surface area contributed by atoms with E-state index in [-0.39, 0.29) is 12.4 Å². The lowest BCUT2D eigenvalue weighted by molar-refractivity contribution is -0.149. The Kier molecular flexibility index (Phi) is 4.36. The van der Waals surface area contributed by atoms with Gasteiger partial charge in [0.15, 0.2) is 0 Å². The highest BCUT2D eigenvalue weighted by atomic mass is 16.4. The minimum absolute atomic E-state index is 0.0525. The van der Waals surface area contributed by atoms with Crippen molar-refractivity contribution in [3.05, 3.63) is 11.6 Å². The first-order valence-electron chi connectivity index (χ1n) is 6.94. The number of carboxylic acid groups (broad SMARTS) is 1. The van der Waals surface area contributed by atoms with E-state index in [9.17, 15) is 14.7 Å². The second kappa shape index (κ2) is 6.02. The van der Waals surface area contributed by atoms with Crippen LogP contribution in [0, 0.1) is 12.3 Å². The summed E-state index contributed by atoms with van der Waals surface area (Å²) in [4.78, 5) is 27.4. The van der Waals surface area contributed by atoms with Gasteiger partial charge in [-0.15, -0.1) is 5.10 Å². The molecule has 7 nitrogen and oxygen atoms in total. The number of hydrogen-bond donors (Lipinski definition) is 3. The van der Waals surface area contributed by atoms with Crippen molar-refractivity contribution in [2.75, 3.05) is 6.54 Å². The number of H-pyrrole nitrogens is 1. The quantitative estimate of drug-likeness (QED) is 0.720. The molecule has 2 rings (SSSR count). The first kappa shape index (κ1) is 14.5. The van der Waals surface area contributed by atoms with E-state index in [1.54, 1.807) is 6.92 Å². The van der Waals surface area contributed by atoms with E-state index in [0.717, 1.165) is 25.7 Å². The lowest BCUT2D eigenvalue weighted by Gasteiger charge is -2.27. The van der Waals surface area contributed by atoms with Crippen LogP contribution in [0.15, 0.2) is 0 Å². The number of nitrogens with zero attached hydrogens (tertiary/aromatic N) is 2. The summed E-state index contributed by atoms with van der Waals surface area (Å²) in [6.45, 7) is 1.84. The molecule has 1 heterocycles. The molecule has 1 fully saturated rings. The number of carboxylic acids is 1. The van der Waals surface area contributed by atoms with E-state index in [1.165, 1.54) is 0 Å². The summed E-state index contributed by atoms with van der Waals surface area (Å²) in [6.07, 6.45) is 5.11. The zero-order valence-electron chi connectivity index (χ0n) is 11.6. The molecule has 7 heteroatoms. The van der Waals surface area contributed by atoms with Crippen LogP contribution in [0.3, 0.4) is 0 Å². The van der Waals surface area contributed by atoms with Gasteiger partial charge >= 0.3 is 5.97 Å². The van der Waals surface area contributed by atoms with E-state index in [0.29, 0.717) is 18.7 Å². The highest BCUT2D eigenvalue weighted by molar-refractivity contribution is 5.90. The van der Waals surface area contributed by atoms with Crippen molar-refractivity contribution in [2.24, 2.45) is 5.41 Å². The summed E-state index contributed by atoms with van der Waals surface area (Å²) in [5, 5.41) is 18.5. The van der Waals surface area contributed by atoms with Crippen LogP contribution in [-0.4, -0.2) is 38.7 Å². The molecule has 0 spiro atoms. The predicted molar refractivity (Wildman–Crippen MR) is 71.2 cm³/mol. The van der Waals surface area contributed by atoms with Crippen molar-refractivity contribution in [3.8, 4) is 0 Å². The number of aliphatic carboxylic acids is 1. The van der Waals surface area contributed by atoms with Crippen molar-refractivity contribution >= 4 is 11.9 Å². The third kappa shape index (κ3) is 3.15. The summed E-state index contributed by atoms with van der Waals surface area (Å²) >= 11 is 0. The zero-order chi connectivity index (χ0) is 14.6. The summed E-state index contributed by atoms with van der Waals surface area (Å²) in [5.41, 5.74) is -0.850. The Morgan fingerprint density at radius 1 is 1.30 bits per heavy atom. The molecule has 3 N–H and O–H groups in total. The van der Waals surface area contributed by atoms with Gasteiger partial charge in [-0.3, -0.25) is 14.7 Å². The maximum Gasteiger partial charge on any atom is 0.311 e. The van der Waals surface area contributed by atoms with Crippen molar-refractivity contribution in [1.82, 2.24) is 20.5 Å². The molecule has 110 valence electrons. The molecule has 0 unspecified atom stereocenters. The minimum atomic E-state index is -0.850. The molecule has 1 aromatic rings. The molecule has 0 radical (unpaired) electrons. The number of aryl methyl sites for hydroxylation is 1. The monoisotopic (exact) mass is 280 g/mol. The Balaban J connectivity index is 2.01. The van der Waals surface area contributed by atoms with E-state index < -0.39 is 17.3 Å². The molecule has 0 aliphatic heterocycles. The van der Waals surface area contributed by atoms with Crippen molar-refractivity contribution in [2.45, 2.75) is 45.4 Å². The summed E-state index contributed by atoms with van der Waals surface area (Å²) < 4.78 is 0. The molecule has 1 aromatic heterocycles. The molecule has 1 saturated carbocycles. The molecule has 1 aliphatic carbocycles. The van der Waals surface area contributed by atoms with Crippen LogP contribution in [0.1, 0.15) is 55.0 Å². The smallest absolute Gasteiger partial charge is 0.311 e. The first-order valence-corrected chi connectivity index (χ1v) is 6.94. The number of nitrogens with one attached hydrogen (secondary N) is 2. The SMILES string of the molecule is Cc1nc(C(=O)NCC2(C(=O)O)CCCCCC2)n[nH]1. The largest absolute Gasteiger partial charge is 0.481 e. The second-order valence-electron chi connectivity index (χ2n) is 5.43. The van der Waals surface area contributed by atoms with Gasteiger partial charge in [0.2, 0.25) is 5.82 Å². The fraction of sp³-hybridized carbons (Fsp3) is 0.692. The Morgan fingerprint density at radius 2 is 1.95 bits per heavy atom. The Bertz CT molecular complexity index is 490. The highest BCUT2D eigenvalue weighted by Crippen LogP contribution is 2.34. The Hall–Kier alpha value is -1.92. The van der Waals surface area contributed by atoms with E-state index in [1.807, 2.05) is 0 Å². The van der Waals surface area contributed by atoms with E-state index in [4.69, 9.17) is 0 Å². The lowest BCUT2D eigenvalue weighted by atomic mass is 9.80. The molecular weight excluding hydrogens is 260 g/mol. The van der Waals surface area contributed by atoms with Gasteiger partial charge in [-0.2, -0.15) is 0 Å². The average Bonchev–Trinajstić information content (AvgIpc) is 2.71. The van der Waals surface area contributed by atoms with Crippen molar-refractivity contribution in [3.63, 3.8) is 0 Å². The maximum absolute atomic E-state index is 11.9. The fourth-order valence-corrected chi connectivity index (χ4v) is 2.64. The topological polar surface area (TPSA) is 108 Å². The normalized spacial score (nSPS) is 18.2. The van der Waals surface area contributed by atoms with E-state index >= 15 is 0 Å². The van der Waals surface area contributed by atoms with Crippen molar-refractivity contribution in [1.29, 1.82) is 0 Å². The number of rotatable bonds is 4. The average molecular weight is 280 g/mol. The van der Waals surface area contributed by atoms with E-state index in [2.05, 4.69) is 20.5 Å². The molecular formula is C13H20N4O3. The van der Waals surface area contributed by atoms with Gasteiger partial charge in [-0.05, 0) is 19.8 Å². The van der Waals surface area contributed by atoms with Crippen LogP contribution in [-0.2, 0) is 4.79 Å². The number of carbonyl (C=O) groups excluding carboxylic acids is 1. The van der Waals surface area contributed by atoms with Crippen LogP contribution in [0.4, 0.5) is 0 Å². The van der Waals surface area contributed by atoms with Crippen LogP contribution in [0.5, 0.6) is 0 Å². The molecule has 1 aliphatic rings. The molecule has 0 bridgehead atoms. The highest BCUT2D eigenvalue weighted by Gasteiger charge is 2.39. The lowest BCUT2D eigenvalue weighted by Crippen LogP contribution is -2.43. The Labute approximate surface area is 117 Å².